The number of halogens is 2. The number of nitrogens with zero attached hydrogens (tertiary/aromatic N) is 2. The Hall–Kier alpha value is -3.29. The molecule has 0 aliphatic carbocycles. The van der Waals surface area contributed by atoms with Crippen molar-refractivity contribution >= 4 is 23.2 Å². The summed E-state index contributed by atoms with van der Waals surface area (Å²) < 4.78 is 24.4. The smallest absolute Gasteiger partial charge is 0.251 e. The monoisotopic (exact) mass is 481 g/mol. The van der Waals surface area contributed by atoms with Crippen molar-refractivity contribution in [2.45, 2.75) is 6.04 Å². The van der Waals surface area contributed by atoms with Gasteiger partial charge in [0.05, 0.1) is 6.04 Å². The van der Waals surface area contributed by atoms with Crippen LogP contribution in [0.1, 0.15) is 22.0 Å². The molecule has 34 heavy (non-hydrogen) atoms. The number of ether oxygens (including phenoxy) is 2. The van der Waals surface area contributed by atoms with Gasteiger partial charge in [-0.2, -0.15) is 0 Å². The van der Waals surface area contributed by atoms with Gasteiger partial charge >= 0.3 is 0 Å². The van der Waals surface area contributed by atoms with E-state index in [9.17, 15) is 9.18 Å². The highest BCUT2D eigenvalue weighted by molar-refractivity contribution is 6.30. The van der Waals surface area contributed by atoms with Crippen LogP contribution in [0.25, 0.3) is 0 Å². The number of fused-ring (bicyclic) bond motifs is 1. The number of piperazine rings is 1. The normalized spacial score (nSPS) is 16.4. The molecule has 8 heteroatoms. The van der Waals surface area contributed by atoms with Crippen LogP contribution >= 0.6 is 11.6 Å². The van der Waals surface area contributed by atoms with E-state index in [4.69, 9.17) is 21.1 Å². The fourth-order valence-corrected chi connectivity index (χ4v) is 4.63. The second-order valence-electron chi connectivity index (χ2n) is 8.35. The number of rotatable bonds is 6. The zero-order valence-corrected chi connectivity index (χ0v) is 19.3. The molecule has 2 aliphatic rings. The second-order valence-corrected chi connectivity index (χ2v) is 8.78. The molecule has 2 aliphatic heterocycles. The fourth-order valence-electron chi connectivity index (χ4n) is 4.44. The van der Waals surface area contributed by atoms with E-state index < -0.39 is 0 Å². The third-order valence-electron chi connectivity index (χ3n) is 6.27. The first kappa shape index (κ1) is 22.5. The Morgan fingerprint density at radius 2 is 1.74 bits per heavy atom. The van der Waals surface area contributed by atoms with Crippen molar-refractivity contribution in [2.24, 2.45) is 0 Å². The van der Waals surface area contributed by atoms with Crippen molar-refractivity contribution in [1.29, 1.82) is 0 Å². The molecule has 0 bridgehead atoms. The van der Waals surface area contributed by atoms with Gasteiger partial charge < -0.3 is 19.7 Å². The number of hydrogen-bond donors (Lipinski definition) is 1. The lowest BCUT2D eigenvalue weighted by molar-refractivity contribution is 0.0930. The van der Waals surface area contributed by atoms with Crippen LogP contribution in [0.15, 0.2) is 66.7 Å². The Morgan fingerprint density at radius 1 is 0.971 bits per heavy atom. The molecule has 0 unspecified atom stereocenters. The highest BCUT2D eigenvalue weighted by Gasteiger charge is 2.27. The number of hydrogen-bond acceptors (Lipinski definition) is 5. The molecular weight excluding hydrogens is 457 g/mol. The molecule has 176 valence electrons. The molecule has 1 amide bonds. The van der Waals surface area contributed by atoms with Crippen molar-refractivity contribution in [3.05, 3.63) is 88.7 Å². The van der Waals surface area contributed by atoms with E-state index in [1.165, 1.54) is 12.1 Å². The summed E-state index contributed by atoms with van der Waals surface area (Å²) in [4.78, 5) is 17.4. The highest BCUT2D eigenvalue weighted by atomic mass is 35.5. The Bertz CT molecular complexity index is 1170. The van der Waals surface area contributed by atoms with Gasteiger partial charge in [0, 0.05) is 49.0 Å². The van der Waals surface area contributed by atoms with Crippen molar-refractivity contribution in [3.63, 3.8) is 0 Å². The maximum Gasteiger partial charge on any atom is 0.251 e. The molecule has 0 aromatic heterocycles. The molecule has 2 heterocycles. The Morgan fingerprint density at radius 3 is 2.50 bits per heavy atom. The van der Waals surface area contributed by atoms with Gasteiger partial charge in [0.15, 0.2) is 11.5 Å². The maximum absolute atomic E-state index is 13.3. The summed E-state index contributed by atoms with van der Waals surface area (Å²) in [5, 5.41) is 3.60. The third-order valence-corrected chi connectivity index (χ3v) is 6.51. The minimum atomic E-state index is -0.235. The van der Waals surface area contributed by atoms with E-state index in [1.54, 1.807) is 24.3 Å². The lowest BCUT2D eigenvalue weighted by Gasteiger charge is -2.40. The van der Waals surface area contributed by atoms with Crippen LogP contribution < -0.4 is 19.7 Å². The molecule has 0 radical (unpaired) electrons. The molecule has 1 fully saturated rings. The first-order valence-corrected chi connectivity index (χ1v) is 11.6. The zero-order valence-electron chi connectivity index (χ0n) is 18.5. The van der Waals surface area contributed by atoms with Crippen LogP contribution in [0.3, 0.4) is 0 Å². The summed E-state index contributed by atoms with van der Waals surface area (Å²) in [5.74, 6) is 1.04. The third kappa shape index (κ3) is 4.95. The van der Waals surface area contributed by atoms with Crippen molar-refractivity contribution in [1.82, 2.24) is 10.2 Å². The van der Waals surface area contributed by atoms with Crippen LogP contribution in [0.2, 0.25) is 5.02 Å². The van der Waals surface area contributed by atoms with E-state index >= 15 is 0 Å². The molecule has 5 rings (SSSR count). The summed E-state index contributed by atoms with van der Waals surface area (Å²) in [6, 6.07) is 19.4. The molecule has 0 saturated carbocycles. The fraction of sp³-hybridized carbons (Fsp3) is 0.269. The van der Waals surface area contributed by atoms with Gasteiger partial charge in [0.25, 0.3) is 5.91 Å². The van der Waals surface area contributed by atoms with Gasteiger partial charge in [-0.05, 0) is 60.2 Å². The van der Waals surface area contributed by atoms with Gasteiger partial charge in [-0.1, -0.05) is 23.7 Å². The Balaban J connectivity index is 1.32. The molecule has 0 spiro atoms. The molecule has 1 saturated heterocycles. The lowest BCUT2D eigenvalue weighted by Crippen LogP contribution is -2.50. The number of anilines is 1. The average molecular weight is 482 g/mol. The number of carbonyl (C=O) groups is 1. The highest BCUT2D eigenvalue weighted by Crippen LogP contribution is 2.36. The summed E-state index contributed by atoms with van der Waals surface area (Å²) in [6.07, 6.45) is 0. The van der Waals surface area contributed by atoms with E-state index in [0.29, 0.717) is 22.9 Å². The van der Waals surface area contributed by atoms with Crippen LogP contribution in [-0.4, -0.2) is 50.3 Å². The Kier molecular flexibility index (Phi) is 6.56. The first-order chi connectivity index (χ1) is 16.6. The predicted octanol–water partition coefficient (Wildman–Crippen LogP) is 4.50. The predicted molar refractivity (Wildman–Crippen MR) is 129 cm³/mol. The molecule has 3 aromatic carbocycles. The summed E-state index contributed by atoms with van der Waals surface area (Å²) >= 11 is 6.06. The van der Waals surface area contributed by atoms with Crippen molar-refractivity contribution < 1.29 is 18.7 Å². The standard InChI is InChI=1S/C26H25ClFN3O3/c27-20-3-1-2-19(14-20)26(32)29-16-23(18-4-9-24-25(15-18)34-17-33-24)31-12-10-30(11-13-31)22-7-5-21(28)6-8-22/h1-9,14-15,23H,10-13,16-17H2,(H,29,32)/t23-/m1/s1. The number of carbonyl (C=O) groups excluding carboxylic acids is 1. The molecule has 1 N–H and O–H groups in total. The van der Waals surface area contributed by atoms with Crippen LogP contribution in [-0.2, 0) is 0 Å². The topological polar surface area (TPSA) is 54.0 Å². The number of amides is 1. The summed E-state index contributed by atoms with van der Waals surface area (Å²) in [5.41, 5.74) is 2.58. The molecule has 3 aromatic rings. The van der Waals surface area contributed by atoms with Crippen molar-refractivity contribution in [3.8, 4) is 11.5 Å². The van der Waals surface area contributed by atoms with Crippen LogP contribution in [0, 0.1) is 5.82 Å². The van der Waals surface area contributed by atoms with Gasteiger partial charge in [0.1, 0.15) is 5.82 Å². The van der Waals surface area contributed by atoms with E-state index in [-0.39, 0.29) is 24.6 Å². The minimum Gasteiger partial charge on any atom is -0.454 e. The summed E-state index contributed by atoms with van der Waals surface area (Å²) in [6.45, 7) is 3.84. The SMILES string of the molecule is O=C(NC[C@H](c1ccc2c(c1)OCO2)N1CCN(c2ccc(F)cc2)CC1)c1cccc(Cl)c1. The zero-order chi connectivity index (χ0) is 23.5. The van der Waals surface area contributed by atoms with Gasteiger partial charge in [-0.3, -0.25) is 9.69 Å². The number of benzene rings is 3. The minimum absolute atomic E-state index is 0.0481. The summed E-state index contributed by atoms with van der Waals surface area (Å²) in [7, 11) is 0. The lowest BCUT2D eigenvalue weighted by atomic mass is 10.0. The Labute approximate surface area is 202 Å². The van der Waals surface area contributed by atoms with E-state index in [0.717, 1.165) is 43.2 Å². The quantitative estimate of drug-likeness (QED) is 0.562. The second kappa shape index (κ2) is 9.91. The van der Waals surface area contributed by atoms with E-state index in [1.807, 2.05) is 30.3 Å². The van der Waals surface area contributed by atoms with E-state index in [2.05, 4.69) is 15.1 Å². The van der Waals surface area contributed by atoms with Gasteiger partial charge in [-0.25, -0.2) is 4.39 Å². The molecular formula is C26H25ClFN3O3. The van der Waals surface area contributed by atoms with Crippen molar-refractivity contribution in [2.75, 3.05) is 44.4 Å². The molecule has 6 nitrogen and oxygen atoms in total. The average Bonchev–Trinajstić information content (AvgIpc) is 3.33. The first-order valence-electron chi connectivity index (χ1n) is 11.2. The number of nitrogens with one attached hydrogen (secondary N) is 1. The largest absolute Gasteiger partial charge is 0.454 e. The molecule has 1 atom stereocenters. The maximum atomic E-state index is 13.3. The van der Waals surface area contributed by atoms with Crippen LogP contribution in [0.5, 0.6) is 11.5 Å². The van der Waals surface area contributed by atoms with Gasteiger partial charge in [-0.15, -0.1) is 0 Å². The van der Waals surface area contributed by atoms with Gasteiger partial charge in [0.2, 0.25) is 6.79 Å². The van der Waals surface area contributed by atoms with Crippen LogP contribution in [0.4, 0.5) is 10.1 Å².